The highest BCUT2D eigenvalue weighted by atomic mass is 35.5. The summed E-state index contributed by atoms with van der Waals surface area (Å²) < 4.78 is 7.07. The molecule has 2 aromatic carbocycles. The number of carbonyl (C=O) groups excluding carboxylic acids is 1. The van der Waals surface area contributed by atoms with Crippen molar-refractivity contribution in [1.82, 2.24) is 14.9 Å². The summed E-state index contributed by atoms with van der Waals surface area (Å²) in [6, 6.07) is 12.2. The molecule has 0 radical (unpaired) electrons. The first-order valence-corrected chi connectivity index (χ1v) is 9.73. The van der Waals surface area contributed by atoms with Crippen molar-refractivity contribution < 1.29 is 9.53 Å². The number of nitrogen functional groups attached to an aromatic ring is 1. The molecule has 0 amide bonds. The van der Waals surface area contributed by atoms with Crippen molar-refractivity contribution in [2.75, 3.05) is 18.2 Å². The summed E-state index contributed by atoms with van der Waals surface area (Å²) in [6.45, 7) is 1.89. The van der Waals surface area contributed by atoms with Crippen LogP contribution in [0, 0.1) is 0 Å². The Morgan fingerprint density at radius 2 is 2.00 bits per heavy atom. The molecule has 2 N–H and O–H groups in total. The van der Waals surface area contributed by atoms with Crippen molar-refractivity contribution in [2.45, 2.75) is 12.1 Å². The second-order valence-corrected chi connectivity index (χ2v) is 7.46. The van der Waals surface area contributed by atoms with Crippen LogP contribution in [-0.2, 0) is 0 Å². The maximum atomic E-state index is 11.6. The number of carbonyl (C=O) groups is 1. The summed E-state index contributed by atoms with van der Waals surface area (Å²) in [5.74, 6) is 7.62. The van der Waals surface area contributed by atoms with Crippen LogP contribution in [0.25, 0.3) is 11.4 Å². The number of aromatic nitrogens is 3. The minimum atomic E-state index is -0.0389. The predicted octanol–water partition coefficient (Wildman–Crippen LogP) is 4.34. The molecule has 9 heteroatoms. The minimum absolute atomic E-state index is 0.0389. The molecule has 0 saturated heterocycles. The number of Topliss-reactive ketones (excluding diaryl/α,β-unsaturated/α-hetero) is 1. The molecule has 0 fully saturated rings. The molecule has 140 valence electrons. The number of ether oxygens (including phenoxy) is 1. The van der Waals surface area contributed by atoms with Gasteiger partial charge in [-0.25, -0.2) is 4.68 Å². The summed E-state index contributed by atoms with van der Waals surface area (Å²) in [4.78, 5) is 11.6. The van der Waals surface area contributed by atoms with E-state index in [-0.39, 0.29) is 5.78 Å². The smallest absolute Gasteiger partial charge is 0.210 e. The molecule has 3 rings (SSSR count). The Morgan fingerprint density at radius 1 is 1.22 bits per heavy atom. The van der Waals surface area contributed by atoms with E-state index in [0.29, 0.717) is 50.3 Å². The molecule has 1 aromatic heterocycles. The van der Waals surface area contributed by atoms with E-state index in [4.69, 9.17) is 33.8 Å². The van der Waals surface area contributed by atoms with Crippen LogP contribution < -0.4 is 10.6 Å². The summed E-state index contributed by atoms with van der Waals surface area (Å²) in [5.41, 5.74) is 1.17. The monoisotopic (exact) mass is 422 g/mol. The average molecular weight is 423 g/mol. The quantitative estimate of drug-likeness (QED) is 0.264. The van der Waals surface area contributed by atoms with Gasteiger partial charge in [0, 0.05) is 16.3 Å². The molecular weight excluding hydrogens is 407 g/mol. The Hall–Kier alpha value is -2.22. The van der Waals surface area contributed by atoms with Crippen molar-refractivity contribution in [1.29, 1.82) is 0 Å². The molecule has 0 aliphatic heterocycles. The van der Waals surface area contributed by atoms with Gasteiger partial charge in [0.25, 0.3) is 0 Å². The van der Waals surface area contributed by atoms with Gasteiger partial charge < -0.3 is 10.6 Å². The lowest BCUT2D eigenvalue weighted by molar-refractivity contribution is 0.101. The van der Waals surface area contributed by atoms with Crippen LogP contribution in [0.15, 0.2) is 47.6 Å². The van der Waals surface area contributed by atoms with Crippen molar-refractivity contribution in [2.24, 2.45) is 0 Å². The normalized spacial score (nSPS) is 10.8. The zero-order valence-corrected chi connectivity index (χ0v) is 16.7. The maximum absolute atomic E-state index is 11.6. The summed E-state index contributed by atoms with van der Waals surface area (Å²) >= 11 is 13.6. The third kappa shape index (κ3) is 4.55. The number of rotatable bonds is 7. The lowest BCUT2D eigenvalue weighted by atomic mass is 10.1. The van der Waals surface area contributed by atoms with Crippen molar-refractivity contribution >= 4 is 40.7 Å². The van der Waals surface area contributed by atoms with E-state index in [1.807, 2.05) is 6.07 Å². The van der Waals surface area contributed by atoms with Crippen LogP contribution in [-0.4, -0.2) is 33.0 Å². The number of hydrogen-bond donors (Lipinski definition) is 1. The first-order valence-electron chi connectivity index (χ1n) is 7.99. The molecule has 1 heterocycles. The molecule has 3 aromatic rings. The van der Waals surface area contributed by atoms with E-state index in [2.05, 4.69) is 10.2 Å². The summed E-state index contributed by atoms with van der Waals surface area (Å²) in [7, 11) is 0. The van der Waals surface area contributed by atoms with Crippen LogP contribution in [0.5, 0.6) is 5.75 Å². The van der Waals surface area contributed by atoms with Crippen LogP contribution in [0.1, 0.15) is 17.3 Å². The van der Waals surface area contributed by atoms with Crippen molar-refractivity contribution in [3.63, 3.8) is 0 Å². The van der Waals surface area contributed by atoms with Gasteiger partial charge in [0.05, 0.1) is 17.2 Å². The molecule has 0 saturated carbocycles. The van der Waals surface area contributed by atoms with E-state index in [9.17, 15) is 4.79 Å². The van der Waals surface area contributed by atoms with E-state index in [1.54, 1.807) is 36.4 Å². The molecule has 27 heavy (non-hydrogen) atoms. The Balaban J connectivity index is 1.64. The third-order valence-corrected chi connectivity index (χ3v) is 5.14. The Labute approximate surface area is 170 Å². The predicted molar refractivity (Wildman–Crippen MR) is 108 cm³/mol. The van der Waals surface area contributed by atoms with Gasteiger partial charge in [0.15, 0.2) is 11.6 Å². The minimum Gasteiger partial charge on any atom is -0.492 e. The molecule has 6 nitrogen and oxygen atoms in total. The van der Waals surface area contributed by atoms with Gasteiger partial charge in [0.2, 0.25) is 5.16 Å². The standard InChI is InChI=1S/C18H16Cl2N4O2S/c1-11(25)13-4-2-3-5-16(13)26-8-9-27-18-23-22-17(24(18)21)14-10-12(19)6-7-15(14)20/h2-7,10H,8-9,21H2,1H3. The Kier molecular flexibility index (Phi) is 6.26. The number of nitrogens with two attached hydrogens (primary N) is 1. The summed E-state index contributed by atoms with van der Waals surface area (Å²) in [6.07, 6.45) is 0. The van der Waals surface area contributed by atoms with E-state index >= 15 is 0 Å². The van der Waals surface area contributed by atoms with Gasteiger partial charge in [-0.2, -0.15) is 0 Å². The fraction of sp³-hybridized carbons (Fsp3) is 0.167. The molecule has 0 unspecified atom stereocenters. The Morgan fingerprint density at radius 3 is 2.78 bits per heavy atom. The second kappa shape index (κ2) is 8.65. The number of thioether (sulfide) groups is 1. The number of hydrogen-bond acceptors (Lipinski definition) is 6. The number of para-hydroxylation sites is 1. The van der Waals surface area contributed by atoms with Crippen LogP contribution in [0.4, 0.5) is 0 Å². The Bertz CT molecular complexity index is 978. The van der Waals surface area contributed by atoms with Gasteiger partial charge in [-0.1, -0.05) is 47.1 Å². The van der Waals surface area contributed by atoms with Gasteiger partial charge in [-0.3, -0.25) is 4.79 Å². The fourth-order valence-electron chi connectivity index (χ4n) is 2.40. The van der Waals surface area contributed by atoms with E-state index < -0.39 is 0 Å². The number of benzene rings is 2. The highest BCUT2D eigenvalue weighted by Gasteiger charge is 2.15. The third-order valence-electron chi connectivity index (χ3n) is 3.67. The van der Waals surface area contributed by atoms with Gasteiger partial charge >= 0.3 is 0 Å². The molecule has 0 spiro atoms. The van der Waals surface area contributed by atoms with Crippen LogP contribution in [0.3, 0.4) is 0 Å². The zero-order chi connectivity index (χ0) is 19.4. The molecule has 0 aliphatic carbocycles. The molecule has 0 atom stereocenters. The topological polar surface area (TPSA) is 83.0 Å². The lowest BCUT2D eigenvalue weighted by Gasteiger charge is -2.09. The van der Waals surface area contributed by atoms with E-state index in [1.165, 1.54) is 23.4 Å². The molecular formula is C18H16Cl2N4O2S. The largest absolute Gasteiger partial charge is 0.492 e. The number of ketones is 1. The van der Waals surface area contributed by atoms with Gasteiger partial charge in [-0.05, 0) is 37.3 Å². The van der Waals surface area contributed by atoms with Crippen LogP contribution in [0.2, 0.25) is 10.0 Å². The lowest BCUT2D eigenvalue weighted by Crippen LogP contribution is -2.12. The SMILES string of the molecule is CC(=O)c1ccccc1OCCSc1nnc(-c2cc(Cl)ccc2Cl)n1N. The van der Waals surface area contributed by atoms with Crippen molar-refractivity contribution in [3.8, 4) is 17.1 Å². The zero-order valence-electron chi connectivity index (χ0n) is 14.4. The first-order chi connectivity index (χ1) is 13.0. The van der Waals surface area contributed by atoms with Gasteiger partial charge in [-0.15, -0.1) is 10.2 Å². The fourth-order valence-corrected chi connectivity index (χ4v) is 3.44. The van der Waals surface area contributed by atoms with E-state index in [0.717, 1.165) is 0 Å². The maximum Gasteiger partial charge on any atom is 0.210 e. The second-order valence-electron chi connectivity index (χ2n) is 5.55. The van der Waals surface area contributed by atoms with Gasteiger partial charge in [0.1, 0.15) is 5.75 Å². The number of halogens is 2. The van der Waals surface area contributed by atoms with Crippen LogP contribution >= 0.6 is 35.0 Å². The highest BCUT2D eigenvalue weighted by molar-refractivity contribution is 7.99. The number of nitrogens with zero attached hydrogens (tertiary/aromatic N) is 3. The van der Waals surface area contributed by atoms with Crippen molar-refractivity contribution in [3.05, 3.63) is 58.1 Å². The highest BCUT2D eigenvalue weighted by Crippen LogP contribution is 2.30. The molecule has 0 bridgehead atoms. The average Bonchev–Trinajstić information content (AvgIpc) is 3.01. The molecule has 0 aliphatic rings. The first kappa shape index (κ1) is 19.5. The summed E-state index contributed by atoms with van der Waals surface area (Å²) in [5, 5.41) is 9.73.